The van der Waals surface area contributed by atoms with Crippen LogP contribution in [-0.4, -0.2) is 94.2 Å². The van der Waals surface area contributed by atoms with Gasteiger partial charge in [-0.05, 0) is 50.4 Å². The van der Waals surface area contributed by atoms with E-state index < -0.39 is 0 Å². The molecule has 2 aromatic carbocycles. The zero-order valence-electron chi connectivity index (χ0n) is 23.5. The molecule has 0 aliphatic carbocycles. The van der Waals surface area contributed by atoms with Crippen molar-refractivity contribution in [3.63, 3.8) is 0 Å². The van der Waals surface area contributed by atoms with Crippen LogP contribution in [0.15, 0.2) is 48.0 Å². The minimum Gasteiger partial charge on any atom is -0.493 e. The first kappa shape index (κ1) is 29.0. The minimum absolute atomic E-state index is 0.0797. The zero-order chi connectivity index (χ0) is 27.7. The van der Waals surface area contributed by atoms with Crippen molar-refractivity contribution in [2.24, 2.45) is 0 Å². The van der Waals surface area contributed by atoms with E-state index in [1.54, 1.807) is 38.2 Å². The molecule has 1 saturated heterocycles. The van der Waals surface area contributed by atoms with Gasteiger partial charge in [-0.3, -0.25) is 14.5 Å². The topological polar surface area (TPSA) is 71.6 Å². The minimum atomic E-state index is -0.118. The first-order valence-corrected chi connectivity index (χ1v) is 13.1. The largest absolute Gasteiger partial charge is 0.493 e. The molecule has 1 fully saturated rings. The quantitative estimate of drug-likeness (QED) is 0.415. The Labute approximate surface area is 226 Å². The van der Waals surface area contributed by atoms with E-state index in [0.717, 1.165) is 43.5 Å². The molecular formula is C30H41N3O5. The van der Waals surface area contributed by atoms with Crippen LogP contribution in [-0.2, 0) is 4.79 Å². The summed E-state index contributed by atoms with van der Waals surface area (Å²) in [4.78, 5) is 32.2. The molecule has 0 saturated carbocycles. The fourth-order valence-corrected chi connectivity index (χ4v) is 4.96. The maximum absolute atomic E-state index is 13.8. The number of hydrogen-bond donors (Lipinski definition) is 0. The number of hydrogen-bond acceptors (Lipinski definition) is 6. The number of likely N-dealkylation sites (N-methyl/N-ethyl adjacent to an activating group) is 1. The van der Waals surface area contributed by atoms with E-state index in [2.05, 4.69) is 11.0 Å². The van der Waals surface area contributed by atoms with Crippen LogP contribution in [0.4, 0.5) is 0 Å². The van der Waals surface area contributed by atoms with Gasteiger partial charge in [-0.15, -0.1) is 0 Å². The molecule has 1 aliphatic rings. The van der Waals surface area contributed by atoms with Gasteiger partial charge in [-0.2, -0.15) is 0 Å². The molecule has 0 bridgehead atoms. The molecule has 8 heteroatoms. The van der Waals surface area contributed by atoms with Crippen molar-refractivity contribution < 1.29 is 23.8 Å². The highest BCUT2D eigenvalue weighted by atomic mass is 16.5. The van der Waals surface area contributed by atoms with Crippen LogP contribution >= 0.6 is 0 Å². The molecule has 2 amide bonds. The lowest BCUT2D eigenvalue weighted by atomic mass is 10.1. The summed E-state index contributed by atoms with van der Waals surface area (Å²) in [6.07, 6.45) is 4.75. The van der Waals surface area contributed by atoms with Crippen LogP contribution in [0.5, 0.6) is 17.2 Å². The van der Waals surface area contributed by atoms with Gasteiger partial charge >= 0.3 is 0 Å². The molecule has 3 rings (SSSR count). The summed E-state index contributed by atoms with van der Waals surface area (Å²) in [5.41, 5.74) is 2.62. The fraction of sp³-hybridized carbons (Fsp3) is 0.467. The monoisotopic (exact) mass is 523 g/mol. The Morgan fingerprint density at radius 1 is 1.03 bits per heavy atom. The number of likely N-dealkylation sites (tertiary alicyclic amines) is 1. The molecule has 0 radical (unpaired) electrons. The number of amides is 2. The van der Waals surface area contributed by atoms with Crippen molar-refractivity contribution in [1.82, 2.24) is 14.7 Å². The molecule has 1 heterocycles. The van der Waals surface area contributed by atoms with E-state index in [1.165, 1.54) is 14.2 Å². The van der Waals surface area contributed by atoms with E-state index in [1.807, 2.05) is 42.2 Å². The Morgan fingerprint density at radius 3 is 2.26 bits per heavy atom. The maximum atomic E-state index is 13.8. The number of rotatable bonds is 12. The summed E-state index contributed by atoms with van der Waals surface area (Å²) >= 11 is 0. The van der Waals surface area contributed by atoms with Crippen molar-refractivity contribution in [2.45, 2.75) is 32.2 Å². The second-order valence-electron chi connectivity index (χ2n) is 9.82. The maximum Gasteiger partial charge on any atom is 0.254 e. The number of carbonyl (C=O) groups excluding carboxylic acids is 2. The second kappa shape index (κ2) is 13.9. The van der Waals surface area contributed by atoms with Crippen LogP contribution < -0.4 is 14.2 Å². The van der Waals surface area contributed by atoms with Crippen molar-refractivity contribution in [2.75, 3.05) is 61.6 Å². The van der Waals surface area contributed by atoms with Crippen molar-refractivity contribution in [1.29, 1.82) is 0 Å². The summed E-state index contributed by atoms with van der Waals surface area (Å²) in [5, 5.41) is 0. The Kier molecular flexibility index (Phi) is 10.6. The smallest absolute Gasteiger partial charge is 0.254 e. The molecule has 8 nitrogen and oxygen atoms in total. The van der Waals surface area contributed by atoms with E-state index in [0.29, 0.717) is 35.9 Å². The van der Waals surface area contributed by atoms with Crippen LogP contribution in [0.2, 0.25) is 0 Å². The van der Waals surface area contributed by atoms with E-state index in [9.17, 15) is 9.59 Å². The van der Waals surface area contributed by atoms with Crippen molar-refractivity contribution in [3.05, 3.63) is 59.2 Å². The Balaban J connectivity index is 1.82. The molecule has 1 aliphatic heterocycles. The van der Waals surface area contributed by atoms with Crippen molar-refractivity contribution >= 4 is 17.9 Å². The summed E-state index contributed by atoms with van der Waals surface area (Å²) in [7, 11) is 8.23. The average Bonchev–Trinajstić information content (AvgIpc) is 3.39. The fourth-order valence-electron chi connectivity index (χ4n) is 4.96. The third kappa shape index (κ3) is 7.28. The first-order valence-electron chi connectivity index (χ1n) is 13.1. The third-order valence-electron chi connectivity index (χ3n) is 6.81. The molecule has 206 valence electrons. The molecule has 1 unspecified atom stereocenters. The third-order valence-corrected chi connectivity index (χ3v) is 6.81. The summed E-state index contributed by atoms with van der Waals surface area (Å²) in [6.45, 7) is 4.72. The SMILES string of the molecule is COc1cc(C(=O)N(CCCN2CCCC2C(=O)N(C)C)C/C(C)=C/c2ccccc2)cc(OC)c1OC. The normalized spacial score (nSPS) is 15.7. The van der Waals surface area contributed by atoms with E-state index >= 15 is 0 Å². The number of methoxy groups -OCH3 is 3. The van der Waals surface area contributed by atoms with Gasteiger partial charge in [0.1, 0.15) is 0 Å². The lowest BCUT2D eigenvalue weighted by molar-refractivity contribution is -0.133. The molecular weight excluding hydrogens is 482 g/mol. The highest BCUT2D eigenvalue weighted by Gasteiger charge is 2.31. The number of benzene rings is 2. The molecule has 2 aromatic rings. The number of carbonyl (C=O) groups is 2. The second-order valence-corrected chi connectivity index (χ2v) is 9.82. The molecule has 1 atom stereocenters. The van der Waals surface area contributed by atoms with Crippen LogP contribution in [0, 0.1) is 0 Å². The number of ether oxygens (including phenoxy) is 3. The number of nitrogens with zero attached hydrogens (tertiary/aromatic N) is 3. The van der Waals surface area contributed by atoms with Gasteiger partial charge in [0.2, 0.25) is 11.7 Å². The van der Waals surface area contributed by atoms with Crippen molar-refractivity contribution in [3.8, 4) is 17.2 Å². The Bertz CT molecular complexity index is 1090. The van der Waals surface area contributed by atoms with Gasteiger partial charge in [-0.1, -0.05) is 42.0 Å². The predicted octanol–water partition coefficient (Wildman–Crippen LogP) is 4.20. The highest BCUT2D eigenvalue weighted by molar-refractivity contribution is 5.96. The van der Waals surface area contributed by atoms with Gasteiger partial charge in [-0.25, -0.2) is 0 Å². The first-order chi connectivity index (χ1) is 18.3. The van der Waals surface area contributed by atoms with Crippen LogP contribution in [0.3, 0.4) is 0 Å². The Morgan fingerprint density at radius 2 is 1.68 bits per heavy atom. The molecule has 0 N–H and O–H groups in total. The van der Waals surface area contributed by atoms with Crippen LogP contribution in [0.1, 0.15) is 42.1 Å². The zero-order valence-corrected chi connectivity index (χ0v) is 23.5. The van der Waals surface area contributed by atoms with Gasteiger partial charge in [0.05, 0.1) is 27.4 Å². The van der Waals surface area contributed by atoms with Gasteiger partial charge < -0.3 is 24.0 Å². The lowest BCUT2D eigenvalue weighted by Gasteiger charge is -2.28. The molecule has 0 spiro atoms. The highest BCUT2D eigenvalue weighted by Crippen LogP contribution is 2.38. The standard InChI is InChI=1S/C30H41N3O5/c1-22(18-23-12-8-7-9-13-23)21-33(17-11-16-32-15-10-14-25(32)30(35)31(2)3)29(34)24-19-26(36-4)28(38-6)27(20-24)37-5/h7-9,12-13,18-20,25H,10-11,14-17,21H2,1-6H3/b22-18+. The predicted molar refractivity (Wildman–Crippen MR) is 150 cm³/mol. The Hall–Kier alpha value is -3.52. The van der Waals surface area contributed by atoms with E-state index in [-0.39, 0.29) is 17.9 Å². The van der Waals surface area contributed by atoms with Crippen LogP contribution in [0.25, 0.3) is 6.08 Å². The average molecular weight is 524 g/mol. The van der Waals surface area contributed by atoms with E-state index in [4.69, 9.17) is 14.2 Å². The lowest BCUT2D eigenvalue weighted by Crippen LogP contribution is -2.43. The molecule has 0 aromatic heterocycles. The molecule has 38 heavy (non-hydrogen) atoms. The summed E-state index contributed by atoms with van der Waals surface area (Å²) in [6, 6.07) is 13.4. The van der Waals surface area contributed by atoms with Gasteiger partial charge in [0.15, 0.2) is 11.5 Å². The summed E-state index contributed by atoms with van der Waals surface area (Å²) < 4.78 is 16.4. The van der Waals surface area contributed by atoms with Gasteiger partial charge in [0, 0.05) is 39.3 Å². The van der Waals surface area contributed by atoms with Gasteiger partial charge in [0.25, 0.3) is 5.91 Å². The summed E-state index contributed by atoms with van der Waals surface area (Å²) in [5.74, 6) is 1.35.